The van der Waals surface area contributed by atoms with Gasteiger partial charge in [0, 0.05) is 25.2 Å². The van der Waals surface area contributed by atoms with Crippen molar-refractivity contribution in [3.05, 3.63) is 22.8 Å². The zero-order chi connectivity index (χ0) is 11.9. The standard InChI is InChI=1S/C12H17ClN2O/c1-8-4-5-14-11(10(8)13)15-6-9(7-15)12(2,3)16/h4-5,9,16H,6-7H2,1-3H3. The van der Waals surface area contributed by atoms with E-state index in [-0.39, 0.29) is 0 Å². The fourth-order valence-corrected chi connectivity index (χ4v) is 2.08. The lowest BCUT2D eigenvalue weighted by atomic mass is 9.84. The van der Waals surface area contributed by atoms with E-state index in [0.29, 0.717) is 5.92 Å². The second kappa shape index (κ2) is 3.90. The number of anilines is 1. The number of pyridine rings is 1. The Kier molecular flexibility index (Phi) is 2.84. The third-order valence-electron chi connectivity index (χ3n) is 3.24. The first-order valence-corrected chi connectivity index (χ1v) is 5.86. The number of rotatable bonds is 2. The van der Waals surface area contributed by atoms with Gasteiger partial charge < -0.3 is 10.0 Å². The molecule has 88 valence electrons. The SMILES string of the molecule is Cc1ccnc(N2CC(C(C)(C)O)C2)c1Cl. The van der Waals surface area contributed by atoms with Crippen molar-refractivity contribution >= 4 is 17.4 Å². The van der Waals surface area contributed by atoms with Crippen molar-refractivity contribution in [2.45, 2.75) is 26.4 Å². The molecule has 0 bridgehead atoms. The van der Waals surface area contributed by atoms with E-state index in [4.69, 9.17) is 11.6 Å². The first kappa shape index (κ1) is 11.7. The molecule has 0 amide bonds. The first-order valence-electron chi connectivity index (χ1n) is 5.48. The van der Waals surface area contributed by atoms with Crippen molar-refractivity contribution in [2.24, 2.45) is 5.92 Å². The van der Waals surface area contributed by atoms with Crippen LogP contribution in [0.15, 0.2) is 12.3 Å². The van der Waals surface area contributed by atoms with Gasteiger partial charge in [-0.05, 0) is 32.4 Å². The van der Waals surface area contributed by atoms with Gasteiger partial charge in [-0.15, -0.1) is 0 Å². The van der Waals surface area contributed by atoms with Crippen LogP contribution in [0.1, 0.15) is 19.4 Å². The van der Waals surface area contributed by atoms with E-state index in [0.717, 1.165) is 29.5 Å². The summed E-state index contributed by atoms with van der Waals surface area (Å²) < 4.78 is 0. The Bertz CT molecular complexity index is 394. The number of hydrogen-bond acceptors (Lipinski definition) is 3. The van der Waals surface area contributed by atoms with Crippen molar-refractivity contribution in [3.8, 4) is 0 Å². The molecule has 1 N–H and O–H groups in total. The lowest BCUT2D eigenvalue weighted by Crippen LogP contribution is -2.56. The third-order valence-corrected chi connectivity index (χ3v) is 3.71. The van der Waals surface area contributed by atoms with Crippen LogP contribution >= 0.6 is 11.6 Å². The number of halogens is 1. The number of nitrogens with zero attached hydrogens (tertiary/aromatic N) is 2. The van der Waals surface area contributed by atoms with Crippen LogP contribution in [0.4, 0.5) is 5.82 Å². The molecule has 16 heavy (non-hydrogen) atoms. The molecule has 3 nitrogen and oxygen atoms in total. The topological polar surface area (TPSA) is 36.4 Å². The molecule has 1 fully saturated rings. The zero-order valence-corrected chi connectivity index (χ0v) is 10.6. The molecule has 0 aliphatic carbocycles. The molecular formula is C12H17ClN2O. The Hall–Kier alpha value is -0.800. The summed E-state index contributed by atoms with van der Waals surface area (Å²) in [6.07, 6.45) is 1.77. The van der Waals surface area contributed by atoms with Crippen LogP contribution < -0.4 is 4.90 Å². The summed E-state index contributed by atoms with van der Waals surface area (Å²) in [4.78, 5) is 6.40. The lowest BCUT2D eigenvalue weighted by Gasteiger charge is -2.46. The largest absolute Gasteiger partial charge is 0.390 e. The van der Waals surface area contributed by atoms with Crippen LogP contribution in [-0.2, 0) is 0 Å². The molecule has 2 rings (SSSR count). The van der Waals surface area contributed by atoms with E-state index in [2.05, 4.69) is 9.88 Å². The summed E-state index contributed by atoms with van der Waals surface area (Å²) in [6.45, 7) is 7.31. The predicted octanol–water partition coefficient (Wildman–Crippen LogP) is 2.25. The number of aryl methyl sites for hydroxylation is 1. The summed E-state index contributed by atoms with van der Waals surface area (Å²) in [5.74, 6) is 1.13. The van der Waals surface area contributed by atoms with Crippen LogP contribution in [0.5, 0.6) is 0 Å². The molecule has 1 saturated heterocycles. The van der Waals surface area contributed by atoms with Gasteiger partial charge in [-0.1, -0.05) is 11.6 Å². The van der Waals surface area contributed by atoms with Crippen LogP contribution in [0, 0.1) is 12.8 Å². The van der Waals surface area contributed by atoms with Gasteiger partial charge in [0.1, 0.15) is 5.82 Å². The quantitative estimate of drug-likeness (QED) is 0.862. The van der Waals surface area contributed by atoms with Crippen molar-refractivity contribution < 1.29 is 5.11 Å². The average molecular weight is 241 g/mol. The van der Waals surface area contributed by atoms with E-state index < -0.39 is 5.60 Å². The molecule has 4 heteroatoms. The van der Waals surface area contributed by atoms with Crippen LogP contribution in [0.3, 0.4) is 0 Å². The summed E-state index contributed by atoms with van der Waals surface area (Å²) in [6, 6.07) is 1.90. The highest BCUT2D eigenvalue weighted by molar-refractivity contribution is 6.33. The minimum atomic E-state index is -0.618. The fourth-order valence-electron chi connectivity index (χ4n) is 1.84. The maximum atomic E-state index is 9.85. The van der Waals surface area contributed by atoms with E-state index in [1.165, 1.54) is 0 Å². The van der Waals surface area contributed by atoms with Gasteiger partial charge in [0.15, 0.2) is 0 Å². The van der Waals surface area contributed by atoms with Gasteiger partial charge in [-0.2, -0.15) is 0 Å². The van der Waals surface area contributed by atoms with Gasteiger partial charge in [0.25, 0.3) is 0 Å². The second-order valence-electron chi connectivity index (χ2n) is 5.02. The second-order valence-corrected chi connectivity index (χ2v) is 5.40. The average Bonchev–Trinajstić information content (AvgIpc) is 2.07. The van der Waals surface area contributed by atoms with Crippen LogP contribution in [0.2, 0.25) is 5.02 Å². The summed E-state index contributed by atoms with van der Waals surface area (Å²) >= 11 is 6.20. The Labute approximate surface area is 101 Å². The molecule has 1 aliphatic rings. The maximum Gasteiger partial charge on any atom is 0.147 e. The molecule has 1 aliphatic heterocycles. The van der Waals surface area contributed by atoms with Crippen molar-refractivity contribution in [3.63, 3.8) is 0 Å². The molecule has 0 unspecified atom stereocenters. The first-order chi connectivity index (χ1) is 7.39. The maximum absolute atomic E-state index is 9.85. The molecule has 0 atom stereocenters. The normalized spacial score (nSPS) is 17.4. The monoisotopic (exact) mass is 240 g/mol. The van der Waals surface area contributed by atoms with Gasteiger partial charge in [-0.3, -0.25) is 0 Å². The van der Waals surface area contributed by atoms with Gasteiger partial charge in [0.05, 0.1) is 10.6 Å². The third kappa shape index (κ3) is 2.02. The van der Waals surface area contributed by atoms with Crippen molar-refractivity contribution in [1.82, 2.24) is 4.98 Å². The predicted molar refractivity (Wildman–Crippen MR) is 66.0 cm³/mol. The molecule has 0 radical (unpaired) electrons. The van der Waals surface area contributed by atoms with E-state index in [1.54, 1.807) is 6.20 Å². The molecular weight excluding hydrogens is 224 g/mol. The highest BCUT2D eigenvalue weighted by Crippen LogP contribution is 2.34. The minimum absolute atomic E-state index is 0.297. The zero-order valence-electron chi connectivity index (χ0n) is 9.87. The van der Waals surface area contributed by atoms with Crippen molar-refractivity contribution in [2.75, 3.05) is 18.0 Å². The van der Waals surface area contributed by atoms with Crippen LogP contribution in [-0.4, -0.2) is 28.8 Å². The fraction of sp³-hybridized carbons (Fsp3) is 0.583. The number of aliphatic hydroxyl groups is 1. The highest BCUT2D eigenvalue weighted by atomic mass is 35.5. The Balaban J connectivity index is 2.10. The molecule has 1 aromatic heterocycles. The van der Waals surface area contributed by atoms with Crippen molar-refractivity contribution in [1.29, 1.82) is 0 Å². The Morgan fingerprint density at radius 3 is 2.69 bits per heavy atom. The van der Waals surface area contributed by atoms with Gasteiger partial charge in [-0.25, -0.2) is 4.98 Å². The molecule has 1 aromatic rings. The Morgan fingerprint density at radius 1 is 1.50 bits per heavy atom. The van der Waals surface area contributed by atoms with Gasteiger partial charge >= 0.3 is 0 Å². The van der Waals surface area contributed by atoms with E-state index >= 15 is 0 Å². The summed E-state index contributed by atoms with van der Waals surface area (Å²) in [5.41, 5.74) is 0.422. The summed E-state index contributed by atoms with van der Waals surface area (Å²) in [7, 11) is 0. The molecule has 0 spiro atoms. The van der Waals surface area contributed by atoms with Gasteiger partial charge in [0.2, 0.25) is 0 Å². The van der Waals surface area contributed by atoms with E-state index in [9.17, 15) is 5.11 Å². The van der Waals surface area contributed by atoms with E-state index in [1.807, 2.05) is 26.8 Å². The molecule has 2 heterocycles. The molecule has 0 aromatic carbocycles. The van der Waals surface area contributed by atoms with Crippen LogP contribution in [0.25, 0.3) is 0 Å². The molecule has 0 saturated carbocycles. The minimum Gasteiger partial charge on any atom is -0.390 e. The summed E-state index contributed by atoms with van der Waals surface area (Å²) in [5, 5.41) is 10.6. The smallest absolute Gasteiger partial charge is 0.147 e. The number of aromatic nitrogens is 1. The lowest BCUT2D eigenvalue weighted by molar-refractivity contribution is 0.00439. The Morgan fingerprint density at radius 2 is 2.12 bits per heavy atom. The number of hydrogen-bond donors (Lipinski definition) is 1. The highest BCUT2D eigenvalue weighted by Gasteiger charge is 2.38.